The fourth-order valence-corrected chi connectivity index (χ4v) is 3.50. The normalized spacial score (nSPS) is 27.4. The Balaban J connectivity index is 1.83. The summed E-state index contributed by atoms with van der Waals surface area (Å²) in [6.07, 6.45) is 8.62. The second-order valence-electron chi connectivity index (χ2n) is 5.59. The fraction of sp³-hybridized carbons (Fsp3) is 1.00. The standard InChI is InChI=1S/C13H26N2O/c1-16-11-12(10-14)15-8-6-13(7-9-15)4-2-3-5-13/h12H,2-11,14H2,1H3. The molecule has 1 saturated carbocycles. The number of ether oxygens (including phenoxy) is 1. The zero-order valence-electron chi connectivity index (χ0n) is 10.6. The first-order valence-corrected chi connectivity index (χ1v) is 6.73. The molecule has 2 fully saturated rings. The van der Waals surface area contributed by atoms with E-state index in [0.29, 0.717) is 11.5 Å². The Bertz CT molecular complexity index is 204. The SMILES string of the molecule is COCC(CN)N1CCC2(CCCC2)CC1. The van der Waals surface area contributed by atoms with E-state index in [9.17, 15) is 0 Å². The van der Waals surface area contributed by atoms with Crippen molar-refractivity contribution in [1.82, 2.24) is 4.90 Å². The maximum atomic E-state index is 5.81. The molecule has 2 rings (SSSR count). The first-order chi connectivity index (χ1) is 7.79. The summed E-state index contributed by atoms with van der Waals surface area (Å²) in [5.41, 5.74) is 6.52. The summed E-state index contributed by atoms with van der Waals surface area (Å²) in [6.45, 7) is 3.96. The van der Waals surface area contributed by atoms with Crippen LogP contribution < -0.4 is 5.73 Å². The van der Waals surface area contributed by atoms with Gasteiger partial charge in [-0.2, -0.15) is 0 Å². The van der Waals surface area contributed by atoms with Crippen LogP contribution in [0.4, 0.5) is 0 Å². The van der Waals surface area contributed by atoms with E-state index >= 15 is 0 Å². The number of nitrogens with zero attached hydrogens (tertiary/aromatic N) is 1. The number of methoxy groups -OCH3 is 1. The van der Waals surface area contributed by atoms with Gasteiger partial charge in [0.25, 0.3) is 0 Å². The van der Waals surface area contributed by atoms with Gasteiger partial charge in [0.1, 0.15) is 0 Å². The number of hydrogen-bond acceptors (Lipinski definition) is 3. The maximum Gasteiger partial charge on any atom is 0.0630 e. The molecule has 1 atom stereocenters. The van der Waals surface area contributed by atoms with Crippen LogP contribution in [0.5, 0.6) is 0 Å². The second-order valence-corrected chi connectivity index (χ2v) is 5.59. The number of rotatable bonds is 4. The topological polar surface area (TPSA) is 38.5 Å². The molecular formula is C13H26N2O. The Morgan fingerprint density at radius 3 is 2.31 bits per heavy atom. The van der Waals surface area contributed by atoms with Gasteiger partial charge in [-0.25, -0.2) is 0 Å². The highest BCUT2D eigenvalue weighted by Gasteiger charge is 2.37. The van der Waals surface area contributed by atoms with Crippen LogP contribution in [0.2, 0.25) is 0 Å². The molecule has 0 bridgehead atoms. The molecule has 0 amide bonds. The van der Waals surface area contributed by atoms with Gasteiger partial charge in [0, 0.05) is 19.7 Å². The molecule has 1 spiro atoms. The summed E-state index contributed by atoms with van der Waals surface area (Å²) < 4.78 is 5.24. The van der Waals surface area contributed by atoms with Gasteiger partial charge < -0.3 is 10.5 Å². The van der Waals surface area contributed by atoms with Crippen LogP contribution >= 0.6 is 0 Å². The van der Waals surface area contributed by atoms with Crippen molar-refractivity contribution in [2.75, 3.05) is 33.4 Å². The Morgan fingerprint density at radius 2 is 1.81 bits per heavy atom. The highest BCUT2D eigenvalue weighted by Crippen LogP contribution is 2.46. The summed E-state index contributed by atoms with van der Waals surface area (Å²) in [5, 5.41) is 0. The van der Waals surface area contributed by atoms with E-state index in [4.69, 9.17) is 10.5 Å². The van der Waals surface area contributed by atoms with Crippen molar-refractivity contribution in [2.24, 2.45) is 11.1 Å². The maximum absolute atomic E-state index is 5.81. The molecular weight excluding hydrogens is 200 g/mol. The van der Waals surface area contributed by atoms with E-state index in [2.05, 4.69) is 4.90 Å². The lowest BCUT2D eigenvalue weighted by molar-refractivity contribution is 0.0408. The van der Waals surface area contributed by atoms with Crippen LogP contribution in [-0.2, 0) is 4.74 Å². The Morgan fingerprint density at radius 1 is 1.19 bits per heavy atom. The number of piperidine rings is 1. The molecule has 3 heteroatoms. The molecule has 16 heavy (non-hydrogen) atoms. The first kappa shape index (κ1) is 12.3. The smallest absolute Gasteiger partial charge is 0.0630 e. The van der Waals surface area contributed by atoms with E-state index in [-0.39, 0.29) is 0 Å². The summed E-state index contributed by atoms with van der Waals surface area (Å²) in [4.78, 5) is 2.53. The first-order valence-electron chi connectivity index (χ1n) is 6.73. The zero-order chi connectivity index (χ0) is 11.4. The molecule has 1 aliphatic carbocycles. The molecule has 0 radical (unpaired) electrons. The minimum atomic E-state index is 0.434. The Labute approximate surface area is 99.3 Å². The molecule has 0 aromatic carbocycles. The van der Waals surface area contributed by atoms with Crippen LogP contribution in [0.1, 0.15) is 38.5 Å². The van der Waals surface area contributed by atoms with E-state index in [1.807, 2.05) is 0 Å². The number of nitrogens with two attached hydrogens (primary N) is 1. The molecule has 1 aliphatic heterocycles. The Hall–Kier alpha value is -0.120. The van der Waals surface area contributed by atoms with Gasteiger partial charge in [0.05, 0.1) is 6.61 Å². The van der Waals surface area contributed by atoms with Crippen LogP contribution in [0.3, 0.4) is 0 Å². The molecule has 3 nitrogen and oxygen atoms in total. The predicted molar refractivity (Wildman–Crippen MR) is 66.4 cm³/mol. The number of likely N-dealkylation sites (tertiary alicyclic amines) is 1. The van der Waals surface area contributed by atoms with Crippen LogP contribution in [0, 0.1) is 5.41 Å². The van der Waals surface area contributed by atoms with Crippen molar-refractivity contribution < 1.29 is 4.74 Å². The van der Waals surface area contributed by atoms with Gasteiger partial charge in [0.15, 0.2) is 0 Å². The van der Waals surface area contributed by atoms with E-state index in [1.165, 1.54) is 51.6 Å². The van der Waals surface area contributed by atoms with Crippen LogP contribution in [0.15, 0.2) is 0 Å². The van der Waals surface area contributed by atoms with Crippen molar-refractivity contribution in [3.63, 3.8) is 0 Å². The third kappa shape index (κ3) is 2.58. The van der Waals surface area contributed by atoms with Gasteiger partial charge in [-0.15, -0.1) is 0 Å². The second kappa shape index (κ2) is 5.48. The van der Waals surface area contributed by atoms with Gasteiger partial charge in [-0.1, -0.05) is 12.8 Å². The van der Waals surface area contributed by atoms with Crippen LogP contribution in [-0.4, -0.2) is 44.3 Å². The zero-order valence-corrected chi connectivity index (χ0v) is 10.6. The quantitative estimate of drug-likeness (QED) is 0.791. The molecule has 0 aromatic rings. The van der Waals surface area contributed by atoms with E-state index < -0.39 is 0 Å². The summed E-state index contributed by atoms with van der Waals surface area (Å²) in [7, 11) is 1.77. The average Bonchev–Trinajstić information content (AvgIpc) is 2.76. The van der Waals surface area contributed by atoms with Crippen molar-refractivity contribution in [3.8, 4) is 0 Å². The van der Waals surface area contributed by atoms with Crippen molar-refractivity contribution in [3.05, 3.63) is 0 Å². The largest absolute Gasteiger partial charge is 0.383 e. The third-order valence-electron chi connectivity index (χ3n) is 4.67. The molecule has 94 valence electrons. The molecule has 0 aromatic heterocycles. The molecule has 1 heterocycles. The summed E-state index contributed by atoms with van der Waals surface area (Å²) in [5.74, 6) is 0. The third-order valence-corrected chi connectivity index (χ3v) is 4.67. The summed E-state index contributed by atoms with van der Waals surface area (Å²) in [6, 6.07) is 0.434. The van der Waals surface area contributed by atoms with Gasteiger partial charge >= 0.3 is 0 Å². The fourth-order valence-electron chi connectivity index (χ4n) is 3.50. The highest BCUT2D eigenvalue weighted by molar-refractivity contribution is 4.91. The molecule has 2 N–H and O–H groups in total. The minimum absolute atomic E-state index is 0.434. The highest BCUT2D eigenvalue weighted by atomic mass is 16.5. The monoisotopic (exact) mass is 226 g/mol. The lowest BCUT2D eigenvalue weighted by Gasteiger charge is -2.42. The predicted octanol–water partition coefficient (Wildman–Crippen LogP) is 1.62. The lowest BCUT2D eigenvalue weighted by Crippen LogP contribution is -2.49. The van der Waals surface area contributed by atoms with Crippen LogP contribution in [0.25, 0.3) is 0 Å². The Kier molecular flexibility index (Phi) is 4.22. The van der Waals surface area contributed by atoms with Crippen molar-refractivity contribution >= 4 is 0 Å². The van der Waals surface area contributed by atoms with Gasteiger partial charge in [0.2, 0.25) is 0 Å². The molecule has 1 saturated heterocycles. The van der Waals surface area contributed by atoms with Gasteiger partial charge in [-0.05, 0) is 44.2 Å². The minimum Gasteiger partial charge on any atom is -0.383 e. The molecule has 1 unspecified atom stereocenters. The van der Waals surface area contributed by atoms with E-state index in [1.54, 1.807) is 7.11 Å². The number of hydrogen-bond donors (Lipinski definition) is 1. The van der Waals surface area contributed by atoms with Crippen molar-refractivity contribution in [2.45, 2.75) is 44.6 Å². The summed E-state index contributed by atoms with van der Waals surface area (Å²) >= 11 is 0. The molecule has 2 aliphatic rings. The van der Waals surface area contributed by atoms with E-state index in [0.717, 1.165) is 13.2 Å². The lowest BCUT2D eigenvalue weighted by atomic mass is 9.77. The average molecular weight is 226 g/mol. The van der Waals surface area contributed by atoms with Crippen molar-refractivity contribution in [1.29, 1.82) is 0 Å². The van der Waals surface area contributed by atoms with Gasteiger partial charge in [-0.3, -0.25) is 4.90 Å².